The normalized spacial score (nSPS) is 14.5. The largest absolute Gasteiger partial charge is 0.140 e. The van der Waals surface area contributed by atoms with Gasteiger partial charge >= 0.3 is 0 Å². The van der Waals surface area contributed by atoms with E-state index in [0.29, 0.717) is 0 Å². The molecule has 0 bridgehead atoms. The van der Waals surface area contributed by atoms with E-state index >= 15 is 0 Å². The molecule has 0 radical (unpaired) electrons. The second-order valence-electron chi connectivity index (χ2n) is 18.3. The maximum atomic E-state index is 2.49. The van der Waals surface area contributed by atoms with Crippen molar-refractivity contribution < 1.29 is 0 Å². The van der Waals surface area contributed by atoms with Gasteiger partial charge in [-0.25, -0.2) is 0 Å². The van der Waals surface area contributed by atoms with E-state index in [-0.39, 0.29) is 0 Å². The first-order chi connectivity index (χ1) is 32.1. The van der Waals surface area contributed by atoms with Crippen molar-refractivity contribution in [3.63, 3.8) is 0 Å². The molecule has 2 aliphatic rings. The van der Waals surface area contributed by atoms with Gasteiger partial charge in [0, 0.05) is 60.9 Å². The smallest absolute Gasteiger partial charge is 0.0759 e. The summed E-state index contributed by atoms with van der Waals surface area (Å²) in [6, 6.07) is 52.5. The zero-order chi connectivity index (χ0) is 44.4. The van der Waals surface area contributed by atoms with E-state index in [4.69, 9.17) is 0 Å². The highest BCUT2D eigenvalue weighted by atomic mass is 32.1. The van der Waals surface area contributed by atoms with E-state index in [9.17, 15) is 0 Å². The van der Waals surface area contributed by atoms with Crippen molar-refractivity contribution in [2.24, 2.45) is 0 Å². The summed E-state index contributed by atoms with van der Waals surface area (Å²) in [4.78, 5) is 14.0. The van der Waals surface area contributed by atoms with Gasteiger partial charge in [-0.05, 0) is 100 Å². The third-order valence-corrected chi connectivity index (χ3v) is 24.2. The molecule has 4 aromatic carbocycles. The van der Waals surface area contributed by atoms with Gasteiger partial charge < -0.3 is 0 Å². The lowest BCUT2D eigenvalue weighted by atomic mass is 9.67. The molecule has 0 N–H and O–H groups in total. The van der Waals surface area contributed by atoms with Crippen LogP contribution in [0.25, 0.3) is 67.2 Å². The third-order valence-electron chi connectivity index (χ3n) is 14.1. The van der Waals surface area contributed by atoms with Gasteiger partial charge in [0.05, 0.1) is 49.1 Å². The lowest BCUT2D eigenvalue weighted by molar-refractivity contribution is 0.783. The minimum Gasteiger partial charge on any atom is -0.140 e. The highest BCUT2D eigenvalue weighted by Crippen LogP contribution is 2.72. The van der Waals surface area contributed by atoms with E-state index in [1.54, 1.807) is 0 Å². The van der Waals surface area contributed by atoms with Crippen molar-refractivity contribution in [2.75, 3.05) is 0 Å². The molecule has 8 heterocycles. The molecule has 8 heteroatoms. The fourth-order valence-electron chi connectivity index (χ4n) is 11.0. The summed E-state index contributed by atoms with van der Waals surface area (Å²) in [5.41, 5.74) is 15.5. The molecule has 2 aliphatic carbocycles. The Labute approximate surface area is 416 Å². The Morgan fingerprint density at radius 2 is 0.576 bits per heavy atom. The summed E-state index contributed by atoms with van der Waals surface area (Å²) in [6.07, 6.45) is 0. The summed E-state index contributed by atoms with van der Waals surface area (Å²) in [7, 11) is 0. The van der Waals surface area contributed by atoms with Gasteiger partial charge in [0.25, 0.3) is 0 Å². The number of fused-ring (bicyclic) bond motifs is 13. The number of hydrogen-bond acceptors (Lipinski definition) is 8. The van der Waals surface area contributed by atoms with Crippen LogP contribution in [0, 0.1) is 41.5 Å². The predicted molar refractivity (Wildman–Crippen MR) is 296 cm³/mol. The van der Waals surface area contributed by atoms with Crippen LogP contribution in [-0.2, 0) is 10.8 Å². The number of rotatable bonds is 6. The molecule has 320 valence electrons. The van der Waals surface area contributed by atoms with Crippen molar-refractivity contribution in [1.82, 2.24) is 0 Å². The van der Waals surface area contributed by atoms with Crippen molar-refractivity contribution in [1.29, 1.82) is 0 Å². The number of benzene rings is 4. The van der Waals surface area contributed by atoms with E-state index in [1.165, 1.54) is 144 Å². The van der Waals surface area contributed by atoms with E-state index in [0.717, 1.165) is 0 Å². The Hall–Kier alpha value is -4.74. The van der Waals surface area contributed by atoms with E-state index in [2.05, 4.69) is 198 Å². The third kappa shape index (κ3) is 5.39. The van der Waals surface area contributed by atoms with Crippen LogP contribution in [0.3, 0.4) is 0 Å². The van der Waals surface area contributed by atoms with Crippen LogP contribution in [0.5, 0.6) is 0 Å². The Bertz CT molecular complexity index is 3560. The molecule has 0 fully saturated rings. The summed E-state index contributed by atoms with van der Waals surface area (Å²) < 4.78 is 8.56. The van der Waals surface area contributed by atoms with Crippen LogP contribution in [0.1, 0.15) is 76.5 Å². The SMILES string of the molecule is Cc1ccc(C2(c3ccc(C)cc3)c3c(sc4cc(-c5ccc(C)s5)sc34)-c3sc4c5c(sc4c32)-c2sc3cc(-c4ccc(C)s4)sc3c2C5(c2ccc(C)cc2)c2ccc(C)cc2)cc1. The van der Waals surface area contributed by atoms with Gasteiger partial charge in [-0.2, -0.15) is 0 Å². The second kappa shape index (κ2) is 14.4. The van der Waals surface area contributed by atoms with Gasteiger partial charge in [-0.15, -0.1) is 90.7 Å². The molecule has 66 heavy (non-hydrogen) atoms. The first kappa shape index (κ1) is 40.3. The van der Waals surface area contributed by atoms with Gasteiger partial charge in [0.2, 0.25) is 0 Å². The second-order valence-corrected chi connectivity index (χ2v) is 27.1. The monoisotopic (exact) mass is 992 g/mol. The molecular weight excluding hydrogens is 953 g/mol. The van der Waals surface area contributed by atoms with E-state index in [1.807, 2.05) is 68.0 Å². The Morgan fingerprint density at radius 3 is 0.879 bits per heavy atom. The van der Waals surface area contributed by atoms with Gasteiger partial charge in [0.1, 0.15) is 0 Å². The topological polar surface area (TPSA) is 0 Å². The zero-order valence-corrected chi connectivity index (χ0v) is 43.5. The molecule has 0 aliphatic heterocycles. The number of hydrogen-bond donors (Lipinski definition) is 0. The Kier molecular flexibility index (Phi) is 8.80. The van der Waals surface area contributed by atoms with Crippen molar-refractivity contribution in [2.45, 2.75) is 52.4 Å². The fraction of sp³-hybridized carbons (Fsp3) is 0.138. The molecular formula is C58H40S8. The molecule has 0 unspecified atom stereocenters. The first-order valence-electron chi connectivity index (χ1n) is 22.3. The number of aryl methyl sites for hydroxylation is 6. The summed E-state index contributed by atoms with van der Waals surface area (Å²) in [5.74, 6) is 0. The first-order valence-corrected chi connectivity index (χ1v) is 28.8. The number of thiophene rings is 8. The molecule has 0 nitrogen and oxygen atoms in total. The summed E-state index contributed by atoms with van der Waals surface area (Å²) in [5, 5.41) is 0. The average Bonchev–Trinajstić information content (AvgIpc) is 4.16. The van der Waals surface area contributed by atoms with Gasteiger partial charge in [-0.1, -0.05) is 119 Å². The maximum Gasteiger partial charge on any atom is 0.0759 e. The lowest BCUT2D eigenvalue weighted by Gasteiger charge is -2.34. The zero-order valence-electron chi connectivity index (χ0n) is 37.0. The highest BCUT2D eigenvalue weighted by molar-refractivity contribution is 7.38. The van der Waals surface area contributed by atoms with Crippen LogP contribution in [0.4, 0.5) is 0 Å². The van der Waals surface area contributed by atoms with Crippen LogP contribution in [0.2, 0.25) is 0 Å². The molecule has 0 spiro atoms. The minimum atomic E-state index is -0.503. The highest BCUT2D eigenvalue weighted by Gasteiger charge is 2.56. The minimum absolute atomic E-state index is 0.503. The van der Waals surface area contributed by atoms with Gasteiger partial charge in [0.15, 0.2) is 0 Å². The van der Waals surface area contributed by atoms with Gasteiger partial charge in [-0.3, -0.25) is 0 Å². The molecule has 8 aromatic heterocycles. The quantitative estimate of drug-likeness (QED) is 0.156. The molecule has 0 atom stereocenters. The lowest BCUT2D eigenvalue weighted by Crippen LogP contribution is -2.29. The van der Waals surface area contributed by atoms with Crippen molar-refractivity contribution in [3.8, 4) is 39.0 Å². The van der Waals surface area contributed by atoms with Crippen LogP contribution in [-0.4, -0.2) is 0 Å². The van der Waals surface area contributed by atoms with Crippen molar-refractivity contribution in [3.05, 3.63) is 210 Å². The predicted octanol–water partition coefficient (Wildman–Crippen LogP) is 19.5. The average molecular weight is 993 g/mol. The Morgan fingerprint density at radius 1 is 0.273 bits per heavy atom. The standard InChI is InChI=1S/C58H40S8/c1-29-7-17-35(18-8-29)57(36-19-9-30(2)10-20-36)45-49-43(27-41(61-49)39-25-15-33(5)59-39)63-51(45)53-47(57)55-56(65-53)48-54(66-55)52-46(50-44(64-52)28-42(62-50)40-26-16-34(6)60-40)58(48,37-21-11-31(3)12-22-37)38-23-13-32(4)14-24-38/h7-28H,1-6H3. The van der Waals surface area contributed by atoms with Crippen LogP contribution in [0.15, 0.2) is 133 Å². The fourth-order valence-corrected chi connectivity index (χ4v) is 21.8. The molecule has 0 amide bonds. The molecule has 0 saturated heterocycles. The summed E-state index contributed by atoms with van der Waals surface area (Å²) in [6.45, 7) is 13.3. The molecule has 14 rings (SSSR count). The van der Waals surface area contributed by atoms with Crippen LogP contribution < -0.4 is 0 Å². The van der Waals surface area contributed by atoms with Crippen LogP contribution >= 0.6 is 90.7 Å². The van der Waals surface area contributed by atoms with Crippen molar-refractivity contribution >= 4 is 119 Å². The Balaban J connectivity index is 1.13. The summed E-state index contributed by atoms with van der Waals surface area (Å²) >= 11 is 16.0. The van der Waals surface area contributed by atoms with E-state index < -0.39 is 10.8 Å². The molecule has 0 saturated carbocycles. The maximum absolute atomic E-state index is 2.49. The molecule has 12 aromatic rings.